The zero-order valence-corrected chi connectivity index (χ0v) is 24.1. The van der Waals surface area contributed by atoms with Crippen LogP contribution in [-0.4, -0.2) is 111 Å². The minimum atomic E-state index is -0.409. The fourth-order valence-corrected chi connectivity index (χ4v) is 6.18. The second kappa shape index (κ2) is 11.1. The summed E-state index contributed by atoms with van der Waals surface area (Å²) >= 11 is 0. The second-order valence-corrected chi connectivity index (χ2v) is 11.3. The molecule has 2 unspecified atom stereocenters. The quantitative estimate of drug-likeness (QED) is 0.333. The van der Waals surface area contributed by atoms with E-state index in [9.17, 15) is 10.1 Å². The Balaban J connectivity index is 1.08. The molecule has 0 spiro atoms. The average molecular weight is 581 g/mol. The molecule has 0 aliphatic carbocycles. The largest absolute Gasteiger partial charge is 0.481 e. The lowest BCUT2D eigenvalue weighted by molar-refractivity contribution is -0.00879. The van der Waals surface area contributed by atoms with Crippen molar-refractivity contribution in [1.29, 1.82) is 5.26 Å². The van der Waals surface area contributed by atoms with Crippen molar-refractivity contribution in [2.75, 3.05) is 58.3 Å². The third-order valence-electron chi connectivity index (χ3n) is 8.63. The summed E-state index contributed by atoms with van der Waals surface area (Å²) < 4.78 is 12.5. The van der Waals surface area contributed by atoms with Gasteiger partial charge in [-0.05, 0) is 25.1 Å². The Morgan fingerprint density at radius 1 is 1.05 bits per heavy atom. The number of aromatic nitrogens is 5. The van der Waals surface area contributed by atoms with Crippen molar-refractivity contribution in [3.05, 3.63) is 60.3 Å². The van der Waals surface area contributed by atoms with Gasteiger partial charge in [-0.25, -0.2) is 19.3 Å². The first kappa shape index (κ1) is 27.1. The van der Waals surface area contributed by atoms with Gasteiger partial charge < -0.3 is 24.2 Å². The fourth-order valence-electron chi connectivity index (χ4n) is 6.18. The summed E-state index contributed by atoms with van der Waals surface area (Å²) in [5.74, 6) is 1.76. The number of carbonyl (C=O) groups excluding carboxylic acids is 1. The van der Waals surface area contributed by atoms with E-state index in [1.165, 1.54) is 18.2 Å². The predicted octanol–water partition coefficient (Wildman–Crippen LogP) is 2.28. The van der Waals surface area contributed by atoms with E-state index in [4.69, 9.17) is 19.4 Å². The van der Waals surface area contributed by atoms with Crippen molar-refractivity contribution in [1.82, 2.24) is 39.3 Å². The van der Waals surface area contributed by atoms with Crippen LogP contribution < -0.4 is 14.4 Å². The lowest BCUT2D eigenvalue weighted by Crippen LogP contribution is -2.68. The molecule has 0 saturated carbocycles. The molecule has 8 heterocycles. The molecule has 0 aromatic carbocycles. The first-order valence-electron chi connectivity index (χ1n) is 14.4. The summed E-state index contributed by atoms with van der Waals surface area (Å²) in [6.45, 7) is 5.40. The molecule has 4 aliphatic heterocycles. The molecule has 4 aromatic rings. The number of piperidine rings is 1. The van der Waals surface area contributed by atoms with E-state index in [2.05, 4.69) is 36.9 Å². The number of methoxy groups -OCH3 is 1. The van der Waals surface area contributed by atoms with Crippen molar-refractivity contribution in [3.63, 3.8) is 0 Å². The van der Waals surface area contributed by atoms with Gasteiger partial charge in [0.25, 0.3) is 0 Å². The second-order valence-electron chi connectivity index (χ2n) is 11.3. The smallest absolute Gasteiger partial charge is 0.415 e. The van der Waals surface area contributed by atoms with E-state index in [1.807, 2.05) is 19.3 Å². The molecule has 0 N–H and O–H groups in total. The highest BCUT2D eigenvalue weighted by atomic mass is 16.6. The van der Waals surface area contributed by atoms with Crippen molar-refractivity contribution < 1.29 is 14.3 Å². The predicted molar refractivity (Wildman–Crippen MR) is 157 cm³/mol. The number of amides is 1. The molecule has 4 aliphatic rings. The number of nitrogens with zero attached hydrogens (tertiary/aromatic N) is 10. The molecule has 13 nitrogen and oxygen atoms in total. The van der Waals surface area contributed by atoms with Gasteiger partial charge in [0.1, 0.15) is 11.9 Å². The summed E-state index contributed by atoms with van der Waals surface area (Å²) in [6, 6.07) is 8.79. The average Bonchev–Trinajstić information content (AvgIpc) is 3.47. The molecule has 13 heteroatoms. The van der Waals surface area contributed by atoms with Gasteiger partial charge in [-0.2, -0.15) is 10.4 Å². The van der Waals surface area contributed by atoms with Crippen LogP contribution in [0.15, 0.2) is 49.2 Å². The number of anilines is 1. The minimum absolute atomic E-state index is 0.327. The molecule has 2 bridgehead atoms. The Hall–Kier alpha value is -4.80. The van der Waals surface area contributed by atoms with Crippen molar-refractivity contribution in [2.24, 2.45) is 0 Å². The number of ether oxygens (including phenoxy) is 2. The molecule has 1 amide bonds. The highest BCUT2D eigenvalue weighted by Gasteiger charge is 2.44. The van der Waals surface area contributed by atoms with Gasteiger partial charge in [-0.1, -0.05) is 6.07 Å². The number of hydrogen-bond acceptors (Lipinski definition) is 11. The Morgan fingerprint density at radius 2 is 1.86 bits per heavy atom. The highest BCUT2D eigenvalue weighted by Crippen LogP contribution is 2.36. The van der Waals surface area contributed by atoms with E-state index < -0.39 is 6.09 Å². The highest BCUT2D eigenvalue weighted by molar-refractivity contribution is 5.84. The van der Waals surface area contributed by atoms with Gasteiger partial charge in [0.15, 0.2) is 5.75 Å². The van der Waals surface area contributed by atoms with E-state index >= 15 is 0 Å². The molecule has 0 radical (unpaired) electrons. The number of likely N-dealkylation sites (N-methyl/N-ethyl adjacent to an activating group) is 1. The molecule has 220 valence electrons. The van der Waals surface area contributed by atoms with Crippen molar-refractivity contribution in [3.8, 4) is 29.0 Å². The van der Waals surface area contributed by atoms with E-state index in [0.29, 0.717) is 59.1 Å². The number of nitriles is 1. The first-order valence-corrected chi connectivity index (χ1v) is 14.4. The van der Waals surface area contributed by atoms with Gasteiger partial charge >= 0.3 is 6.09 Å². The molecular weight excluding hydrogens is 548 g/mol. The molecule has 2 atom stereocenters. The summed E-state index contributed by atoms with van der Waals surface area (Å²) in [6.07, 6.45) is 9.25. The lowest BCUT2D eigenvalue weighted by Gasteiger charge is -2.56. The topological polar surface area (TPSA) is 128 Å². The van der Waals surface area contributed by atoms with Crippen LogP contribution in [0.3, 0.4) is 0 Å². The fraction of sp³-hybridized carbons (Fsp3) is 0.400. The van der Waals surface area contributed by atoms with E-state index in [0.717, 1.165) is 38.5 Å². The van der Waals surface area contributed by atoms with Crippen LogP contribution in [0.4, 0.5) is 10.6 Å². The Kier molecular flexibility index (Phi) is 7.00. The number of pyridine rings is 2. The number of hydrogen-bond donors (Lipinski definition) is 0. The van der Waals surface area contributed by atoms with E-state index in [-0.39, 0.29) is 0 Å². The van der Waals surface area contributed by atoms with E-state index in [1.54, 1.807) is 41.2 Å². The van der Waals surface area contributed by atoms with Crippen LogP contribution in [0.25, 0.3) is 16.8 Å². The number of fused-ring (bicyclic) bond motifs is 3. The maximum Gasteiger partial charge on any atom is 0.415 e. The molecule has 4 aromatic heterocycles. The molecular formula is C30H32N10O3. The molecule has 43 heavy (non-hydrogen) atoms. The molecule has 4 saturated heterocycles. The normalized spacial score (nSPS) is 20.5. The summed E-state index contributed by atoms with van der Waals surface area (Å²) in [5, 5.41) is 14.1. The van der Waals surface area contributed by atoms with Gasteiger partial charge in [-0.3, -0.25) is 9.88 Å². The number of piperazine rings is 2. The lowest BCUT2D eigenvalue weighted by atomic mass is 9.87. The van der Waals surface area contributed by atoms with Crippen LogP contribution >= 0.6 is 0 Å². The zero-order chi connectivity index (χ0) is 29.5. The first-order chi connectivity index (χ1) is 21.0. The van der Waals surface area contributed by atoms with Crippen LogP contribution in [0.5, 0.6) is 11.6 Å². The van der Waals surface area contributed by atoms with Crippen LogP contribution in [-0.2, 0) is 6.54 Å². The Labute approximate surface area is 248 Å². The van der Waals surface area contributed by atoms with Crippen LogP contribution in [0, 0.1) is 11.3 Å². The summed E-state index contributed by atoms with van der Waals surface area (Å²) in [7, 11) is 3.65. The SMILES string of the molecule is COc1ccc(CN2C3CC2CN(c2cnc(-c4cc(OC(=O)N5CCN(C)CC5)cn5ncc(C#N)c45)cn2)C3)cn1. The van der Waals surface area contributed by atoms with Crippen molar-refractivity contribution >= 4 is 17.4 Å². The van der Waals surface area contributed by atoms with Gasteiger partial charge in [0, 0.05) is 75.7 Å². The maximum absolute atomic E-state index is 12.9. The Bertz CT molecular complexity index is 1660. The maximum atomic E-state index is 12.9. The summed E-state index contributed by atoms with van der Waals surface area (Å²) in [4.78, 5) is 35.4. The minimum Gasteiger partial charge on any atom is -0.481 e. The van der Waals surface area contributed by atoms with Gasteiger partial charge in [0.05, 0.1) is 48.7 Å². The Morgan fingerprint density at radius 3 is 2.53 bits per heavy atom. The standard InChI is InChI=1S/C30H32N10O3/c1-36-5-7-37(8-6-36)30(41)43-24-10-25(29-21(11-31)13-35-40(29)19-24)26-14-33-27(15-32-26)38-17-22-9-23(18-38)39(22)16-20-3-4-28(42-2)34-12-20/h3-4,10,12-15,19,22-23H,5-9,16-18H2,1-2H3. The van der Waals surface area contributed by atoms with Gasteiger partial charge in [0.2, 0.25) is 5.88 Å². The molecule has 8 rings (SSSR count). The molecule has 4 fully saturated rings. The van der Waals surface area contributed by atoms with Crippen molar-refractivity contribution in [2.45, 2.75) is 25.0 Å². The van der Waals surface area contributed by atoms with Crippen LogP contribution in [0.2, 0.25) is 0 Å². The third kappa shape index (κ3) is 5.19. The third-order valence-corrected chi connectivity index (χ3v) is 8.63. The summed E-state index contributed by atoms with van der Waals surface area (Å²) in [5.41, 5.74) is 3.36. The number of rotatable bonds is 6. The monoisotopic (exact) mass is 580 g/mol. The van der Waals surface area contributed by atoms with Gasteiger partial charge in [-0.15, -0.1) is 0 Å². The van der Waals surface area contributed by atoms with Crippen LogP contribution in [0.1, 0.15) is 17.5 Å². The number of carbonyl (C=O) groups is 1. The zero-order valence-electron chi connectivity index (χ0n) is 24.1.